The molecule has 156 valence electrons. The molecule has 0 radical (unpaired) electrons. The molecule has 0 aliphatic heterocycles. The minimum absolute atomic E-state index is 0. The minimum Gasteiger partial charge on any atom is -0.478 e. The number of primary amides is 1. The van der Waals surface area contributed by atoms with Crippen molar-refractivity contribution in [2.24, 2.45) is 11.5 Å². The van der Waals surface area contributed by atoms with Crippen LogP contribution in [-0.2, 0) is 4.79 Å². The molecule has 5 N–H and O–H groups in total. The molecule has 1 amide bonds. The number of carbonyl (C=O) groups is 2. The van der Waals surface area contributed by atoms with Gasteiger partial charge >= 0.3 is 5.97 Å². The summed E-state index contributed by atoms with van der Waals surface area (Å²) < 4.78 is 1.09. The molecule has 0 saturated heterocycles. The lowest BCUT2D eigenvalue weighted by molar-refractivity contribution is -0.870. The fourth-order valence-electron chi connectivity index (χ4n) is 1.25. The van der Waals surface area contributed by atoms with E-state index in [1.165, 1.54) is 13.0 Å². The Hall–Kier alpha value is -2.15. The van der Waals surface area contributed by atoms with Crippen LogP contribution in [0.3, 0.4) is 0 Å². The van der Waals surface area contributed by atoms with Gasteiger partial charge in [0.2, 0.25) is 5.91 Å². The normalized spacial score (nSPS) is 8.67. The largest absolute Gasteiger partial charge is 0.478 e. The number of carboxylic acid groups (broad SMARTS) is 1. The number of rotatable bonds is 5. The van der Waals surface area contributed by atoms with Crippen LogP contribution in [0, 0.1) is 0 Å². The Morgan fingerprint density at radius 1 is 1.19 bits per heavy atom. The summed E-state index contributed by atoms with van der Waals surface area (Å²) in [5.41, 5.74) is 10.3. The quantitative estimate of drug-likeness (QED) is 0.399. The summed E-state index contributed by atoms with van der Waals surface area (Å²) in [7, 11) is 6.64. The van der Waals surface area contributed by atoms with Crippen LogP contribution in [0.4, 0.5) is 0 Å². The van der Waals surface area contributed by atoms with E-state index in [4.69, 9.17) is 16.6 Å². The van der Waals surface area contributed by atoms with Crippen LogP contribution >= 0.6 is 12.4 Å². The molecule has 6 nitrogen and oxygen atoms in total. The zero-order chi connectivity index (χ0) is 21.2. The van der Waals surface area contributed by atoms with Crippen molar-refractivity contribution in [2.45, 2.75) is 20.3 Å². The minimum atomic E-state index is -0.879. The Bertz CT molecular complexity index is 515. The second kappa shape index (κ2) is 20.2. The third-order valence-corrected chi connectivity index (χ3v) is 2.50. The molecule has 1 aromatic carbocycles. The molecule has 0 spiro atoms. The maximum atomic E-state index is 10.2. The summed E-state index contributed by atoms with van der Waals surface area (Å²) in [6, 6.07) is 8.30. The van der Waals surface area contributed by atoms with Gasteiger partial charge in [-0.15, -0.1) is 19.0 Å². The molecule has 0 bridgehead atoms. The number of carbonyl (C=O) groups excluding carboxylic acids is 1. The Morgan fingerprint density at radius 3 is 1.67 bits per heavy atom. The second-order valence-corrected chi connectivity index (χ2v) is 6.35. The van der Waals surface area contributed by atoms with Gasteiger partial charge in [0, 0.05) is 12.1 Å². The molecule has 1 rings (SSSR count). The summed E-state index contributed by atoms with van der Waals surface area (Å²) in [6.45, 7) is 12.3. The van der Waals surface area contributed by atoms with E-state index in [1.807, 2.05) is 0 Å². The highest BCUT2D eigenvalue weighted by Gasteiger charge is 2.01. The molecule has 0 aliphatic rings. The van der Waals surface area contributed by atoms with E-state index in [2.05, 4.69) is 41.2 Å². The van der Waals surface area contributed by atoms with E-state index in [-0.39, 0.29) is 12.4 Å². The van der Waals surface area contributed by atoms with Gasteiger partial charge in [-0.25, -0.2) is 4.79 Å². The smallest absolute Gasteiger partial charge is 0.335 e. The average Bonchev–Trinajstić information content (AvgIpc) is 2.56. The highest BCUT2D eigenvalue weighted by atomic mass is 35.5. The summed E-state index contributed by atoms with van der Waals surface area (Å²) in [5, 5.41) is 8.38. The van der Waals surface area contributed by atoms with E-state index in [0.29, 0.717) is 17.7 Å². The van der Waals surface area contributed by atoms with Crippen LogP contribution in [0.1, 0.15) is 30.6 Å². The van der Waals surface area contributed by atoms with E-state index in [9.17, 15) is 9.59 Å². The van der Waals surface area contributed by atoms with Gasteiger partial charge < -0.3 is 21.1 Å². The highest BCUT2D eigenvalue weighted by molar-refractivity contribution is 5.90. The lowest BCUT2D eigenvalue weighted by Crippen LogP contribution is -2.34. The van der Waals surface area contributed by atoms with Gasteiger partial charge in [0.05, 0.1) is 33.3 Å². The number of nitrogens with two attached hydrogens (primary N) is 2. The third kappa shape index (κ3) is 32.0. The van der Waals surface area contributed by atoms with Gasteiger partial charge in [0.15, 0.2) is 0 Å². The Labute approximate surface area is 170 Å². The molecule has 0 saturated carbocycles. The van der Waals surface area contributed by atoms with Crippen LogP contribution in [0.25, 0.3) is 0 Å². The second-order valence-electron chi connectivity index (χ2n) is 6.35. The highest BCUT2D eigenvalue weighted by Crippen LogP contribution is 1.96. The predicted octanol–water partition coefficient (Wildman–Crippen LogP) is 3.09. The number of quaternary nitrogens is 1. The molecule has 0 aliphatic carbocycles. The number of hydrogen-bond donors (Lipinski definition) is 3. The molecule has 7 heteroatoms. The third-order valence-electron chi connectivity index (χ3n) is 2.50. The SMILES string of the molecule is C=C(C)C(N)=O.C=CCN.CCC[N+](C)(C)C.Cl.O=C(O)c1ccccc1. The Balaban J connectivity index is -0.000000134. The molecular weight excluding hydrogens is 366 g/mol. The first kappa shape index (κ1) is 32.5. The molecule has 1 aromatic rings. The number of carboxylic acids is 1. The molecule has 0 unspecified atom stereocenters. The predicted molar refractivity (Wildman–Crippen MR) is 117 cm³/mol. The molecule has 0 atom stereocenters. The van der Waals surface area contributed by atoms with Crippen LogP contribution in [0.15, 0.2) is 55.1 Å². The standard InChI is InChI=1S/C7H6O2.C6H16N.C4H7NO.C3H7N.ClH/c8-7(9)6-4-2-1-3-5-6;1-5-6-7(2,3)4;1-3(2)4(5)6;1-2-3-4;/h1-5H,(H,8,9);5-6H2,1-4H3;1H2,2H3,(H2,5,6);2H,1,3-4H2;1H/q;+1;;;. The van der Waals surface area contributed by atoms with Crippen molar-refractivity contribution in [1.82, 2.24) is 0 Å². The summed E-state index contributed by atoms with van der Waals surface area (Å²) in [5.74, 6) is -1.31. The number of aromatic carboxylic acids is 1. The Kier molecular flexibility index (Phi) is 24.3. The van der Waals surface area contributed by atoms with Crippen LogP contribution in [0.2, 0.25) is 0 Å². The zero-order valence-electron chi connectivity index (χ0n) is 17.3. The number of nitrogens with zero attached hydrogens (tertiary/aromatic N) is 1. The van der Waals surface area contributed by atoms with Crippen molar-refractivity contribution in [2.75, 3.05) is 34.2 Å². The van der Waals surface area contributed by atoms with Crippen LogP contribution in [0.5, 0.6) is 0 Å². The summed E-state index contributed by atoms with van der Waals surface area (Å²) in [6.07, 6.45) is 2.93. The first-order chi connectivity index (χ1) is 11.9. The molecular formula is C20H37ClN3O3+. The first-order valence-corrected chi connectivity index (χ1v) is 8.27. The lowest BCUT2D eigenvalue weighted by atomic mass is 10.2. The number of halogens is 1. The summed E-state index contributed by atoms with van der Waals surface area (Å²) in [4.78, 5) is 20.0. The van der Waals surface area contributed by atoms with Crippen molar-refractivity contribution in [3.05, 3.63) is 60.7 Å². The maximum absolute atomic E-state index is 10.2. The maximum Gasteiger partial charge on any atom is 0.335 e. The number of hydrogen-bond acceptors (Lipinski definition) is 3. The van der Waals surface area contributed by atoms with Gasteiger partial charge in [-0.3, -0.25) is 4.79 Å². The van der Waals surface area contributed by atoms with E-state index >= 15 is 0 Å². The molecule has 0 aromatic heterocycles. The van der Waals surface area contributed by atoms with Gasteiger partial charge in [0.1, 0.15) is 0 Å². The van der Waals surface area contributed by atoms with Crippen LogP contribution < -0.4 is 11.5 Å². The van der Waals surface area contributed by atoms with Crippen molar-refractivity contribution in [1.29, 1.82) is 0 Å². The van der Waals surface area contributed by atoms with Crippen molar-refractivity contribution < 1.29 is 19.2 Å². The van der Waals surface area contributed by atoms with E-state index in [1.54, 1.807) is 43.3 Å². The average molecular weight is 403 g/mol. The first-order valence-electron chi connectivity index (χ1n) is 8.27. The van der Waals surface area contributed by atoms with Gasteiger partial charge in [-0.05, 0) is 25.5 Å². The Morgan fingerprint density at radius 2 is 1.56 bits per heavy atom. The summed E-state index contributed by atoms with van der Waals surface area (Å²) >= 11 is 0. The van der Waals surface area contributed by atoms with Crippen LogP contribution in [-0.4, -0.2) is 55.7 Å². The monoisotopic (exact) mass is 402 g/mol. The van der Waals surface area contributed by atoms with Crippen molar-refractivity contribution in [3.63, 3.8) is 0 Å². The number of amides is 1. The van der Waals surface area contributed by atoms with E-state index < -0.39 is 11.9 Å². The van der Waals surface area contributed by atoms with Gasteiger partial charge in [-0.2, -0.15) is 0 Å². The van der Waals surface area contributed by atoms with Gasteiger partial charge in [-0.1, -0.05) is 37.8 Å². The fourth-order valence-corrected chi connectivity index (χ4v) is 1.25. The van der Waals surface area contributed by atoms with Gasteiger partial charge in [0.25, 0.3) is 0 Å². The van der Waals surface area contributed by atoms with Crippen molar-refractivity contribution in [3.8, 4) is 0 Å². The lowest BCUT2D eigenvalue weighted by Gasteiger charge is -2.22. The zero-order valence-corrected chi connectivity index (χ0v) is 18.1. The topological polar surface area (TPSA) is 106 Å². The molecule has 0 fully saturated rings. The molecule has 0 heterocycles. The van der Waals surface area contributed by atoms with Crippen molar-refractivity contribution >= 4 is 24.3 Å². The number of benzene rings is 1. The fraction of sp³-hybridized carbons (Fsp3) is 0.400. The van der Waals surface area contributed by atoms with E-state index in [0.717, 1.165) is 4.48 Å². The molecule has 27 heavy (non-hydrogen) atoms.